The van der Waals surface area contributed by atoms with Gasteiger partial charge in [-0.15, -0.1) is 11.3 Å². The number of aromatic nitrogens is 3. The number of aliphatic hydroxyl groups is 2. The number of benzene rings is 2. The van der Waals surface area contributed by atoms with E-state index < -0.39 is 17.9 Å². The molecule has 0 fully saturated rings. The van der Waals surface area contributed by atoms with Crippen LogP contribution >= 0.6 is 11.3 Å². The minimum Gasteiger partial charge on any atom is -0.496 e. The average molecular weight is 660 g/mol. The number of ether oxygens (including phenoxy) is 2. The first-order chi connectivity index (χ1) is 22.7. The summed E-state index contributed by atoms with van der Waals surface area (Å²) in [5.74, 6) is -1.49. The molecule has 47 heavy (non-hydrogen) atoms. The van der Waals surface area contributed by atoms with E-state index in [9.17, 15) is 19.4 Å². The van der Waals surface area contributed by atoms with Crippen LogP contribution in [0.2, 0.25) is 0 Å². The molecule has 10 nitrogen and oxygen atoms in total. The Labute approximate surface area is 272 Å². The Morgan fingerprint density at radius 3 is 2.77 bits per heavy atom. The molecular weight excluding hydrogens is 628 g/mol. The van der Waals surface area contributed by atoms with Crippen LogP contribution in [-0.2, 0) is 17.9 Å². The number of carbonyl (C=O) groups is 1. The van der Waals surface area contributed by atoms with Crippen molar-refractivity contribution in [3.63, 3.8) is 0 Å². The molecule has 0 radical (unpaired) electrons. The Balaban J connectivity index is 1.53. The van der Waals surface area contributed by atoms with Crippen molar-refractivity contribution in [2.24, 2.45) is 0 Å². The maximum Gasteiger partial charge on any atom is 0.246 e. The van der Waals surface area contributed by atoms with E-state index in [1.165, 1.54) is 17.4 Å². The number of halogens is 2. The number of hydrogen-bond acceptors (Lipinski definition) is 9. The van der Waals surface area contributed by atoms with Gasteiger partial charge in [-0.3, -0.25) is 14.8 Å². The van der Waals surface area contributed by atoms with E-state index in [1.54, 1.807) is 18.1 Å². The van der Waals surface area contributed by atoms with Gasteiger partial charge in [-0.05, 0) is 48.2 Å². The maximum atomic E-state index is 16.0. The van der Waals surface area contributed by atoms with E-state index in [0.29, 0.717) is 69.2 Å². The van der Waals surface area contributed by atoms with Crippen LogP contribution in [0.5, 0.6) is 11.5 Å². The lowest BCUT2D eigenvalue weighted by Gasteiger charge is -2.33. The second kappa shape index (κ2) is 12.2. The van der Waals surface area contributed by atoms with Crippen LogP contribution in [0.4, 0.5) is 8.78 Å². The third kappa shape index (κ3) is 5.15. The third-order valence-electron chi connectivity index (χ3n) is 8.68. The van der Waals surface area contributed by atoms with Crippen molar-refractivity contribution in [1.29, 1.82) is 0 Å². The second-order valence-electron chi connectivity index (χ2n) is 11.3. The molecule has 2 aliphatic rings. The number of methoxy groups -OCH3 is 1. The van der Waals surface area contributed by atoms with Gasteiger partial charge in [0, 0.05) is 52.0 Å². The smallest absolute Gasteiger partial charge is 0.246 e. The van der Waals surface area contributed by atoms with Gasteiger partial charge in [0.25, 0.3) is 0 Å². The van der Waals surface area contributed by atoms with Crippen molar-refractivity contribution in [1.82, 2.24) is 25.0 Å². The van der Waals surface area contributed by atoms with Gasteiger partial charge in [0.15, 0.2) is 0 Å². The molecule has 0 saturated carbocycles. The normalized spacial score (nSPS) is 17.1. The summed E-state index contributed by atoms with van der Waals surface area (Å²) in [7, 11) is 1.54. The monoisotopic (exact) mass is 659 g/mol. The lowest BCUT2D eigenvalue weighted by Crippen LogP contribution is -2.40. The van der Waals surface area contributed by atoms with Gasteiger partial charge in [-0.25, -0.2) is 13.8 Å². The molecule has 13 heteroatoms. The van der Waals surface area contributed by atoms with Crippen LogP contribution in [0.25, 0.3) is 43.9 Å². The van der Waals surface area contributed by atoms with Gasteiger partial charge >= 0.3 is 0 Å². The quantitative estimate of drug-likeness (QED) is 0.191. The highest BCUT2D eigenvalue weighted by Crippen LogP contribution is 2.49. The molecule has 242 valence electrons. The molecule has 2 aliphatic heterocycles. The number of nitrogens with zero attached hydrogens (tertiary/aromatic N) is 4. The summed E-state index contributed by atoms with van der Waals surface area (Å²) < 4.78 is 44.5. The zero-order valence-electron chi connectivity index (χ0n) is 25.6. The minimum absolute atomic E-state index is 0.0166. The largest absolute Gasteiger partial charge is 0.496 e. The van der Waals surface area contributed by atoms with Crippen molar-refractivity contribution >= 4 is 27.3 Å². The summed E-state index contributed by atoms with van der Waals surface area (Å²) in [4.78, 5) is 19.5. The van der Waals surface area contributed by atoms with Crippen LogP contribution in [0.15, 0.2) is 54.4 Å². The lowest BCUT2D eigenvalue weighted by molar-refractivity contribution is -0.129. The van der Waals surface area contributed by atoms with Crippen LogP contribution in [0.1, 0.15) is 36.0 Å². The molecule has 3 aromatic heterocycles. The summed E-state index contributed by atoms with van der Waals surface area (Å²) in [6.07, 6.45) is 0.453. The van der Waals surface area contributed by atoms with Crippen molar-refractivity contribution in [2.45, 2.75) is 32.3 Å². The molecule has 0 saturated heterocycles. The highest BCUT2D eigenvalue weighted by atomic mass is 32.1. The van der Waals surface area contributed by atoms with E-state index in [-0.39, 0.29) is 36.5 Å². The fourth-order valence-corrected chi connectivity index (χ4v) is 7.41. The average Bonchev–Trinajstić information content (AvgIpc) is 3.81. The number of nitrogens with one attached hydrogen (secondary N) is 1. The number of rotatable bonds is 8. The van der Waals surface area contributed by atoms with Gasteiger partial charge in [-0.2, -0.15) is 5.10 Å². The van der Waals surface area contributed by atoms with Crippen molar-refractivity contribution in [2.75, 3.05) is 26.9 Å². The van der Waals surface area contributed by atoms with E-state index in [1.807, 2.05) is 35.2 Å². The predicted octanol–water partition coefficient (Wildman–Crippen LogP) is 5.34. The van der Waals surface area contributed by atoms with Gasteiger partial charge in [0.2, 0.25) is 5.91 Å². The highest BCUT2D eigenvalue weighted by molar-refractivity contribution is 7.18. The van der Waals surface area contributed by atoms with E-state index in [0.717, 1.165) is 23.4 Å². The summed E-state index contributed by atoms with van der Waals surface area (Å²) in [6, 6.07) is 8.97. The summed E-state index contributed by atoms with van der Waals surface area (Å²) in [5.41, 5.74) is 4.61. The number of carbonyl (C=O) groups excluding carboxylic acids is 1. The Morgan fingerprint density at radius 1 is 1.17 bits per heavy atom. The second-order valence-corrected chi connectivity index (χ2v) is 12.2. The molecule has 0 aliphatic carbocycles. The summed E-state index contributed by atoms with van der Waals surface area (Å²) in [5, 5.41) is 30.4. The standard InChI is InChI=1S/C34H31F2N5O5S/c1-4-28(43)40-6-7-41-25(17(40)2)15-24(39-41)32-30(29-23(36)12-19(35)13-27(29)46-9-8-42)33-20(5-10-47-33)31(38-32)22-11-18-16-37-34(44)21(18)14-26(22)45-3/h4-5,10-15,17,34,37,42,44H,1,6-9,16H2,2-3H3/t17-,34?/m1/s1. The fraction of sp³-hybridized carbons (Fsp3) is 0.265. The van der Waals surface area contributed by atoms with Crippen molar-refractivity contribution in [3.8, 4) is 45.3 Å². The van der Waals surface area contributed by atoms with Crippen LogP contribution < -0.4 is 14.8 Å². The Bertz CT molecular complexity index is 2060. The predicted molar refractivity (Wildman–Crippen MR) is 173 cm³/mol. The third-order valence-corrected chi connectivity index (χ3v) is 9.61. The summed E-state index contributed by atoms with van der Waals surface area (Å²) >= 11 is 1.36. The molecular formula is C34H31F2N5O5S. The first-order valence-corrected chi connectivity index (χ1v) is 15.9. The van der Waals surface area contributed by atoms with Gasteiger partial charge in [0.05, 0.1) is 43.3 Å². The van der Waals surface area contributed by atoms with Gasteiger partial charge in [0.1, 0.15) is 47.4 Å². The zero-order chi connectivity index (χ0) is 33.0. The van der Waals surface area contributed by atoms with E-state index in [4.69, 9.17) is 19.6 Å². The first kappa shape index (κ1) is 30.9. The molecule has 7 rings (SSSR count). The first-order valence-electron chi connectivity index (χ1n) is 15.0. The number of aliphatic hydroxyl groups excluding tert-OH is 2. The molecule has 0 bridgehead atoms. The zero-order valence-corrected chi connectivity index (χ0v) is 26.4. The molecule has 5 aromatic rings. The highest BCUT2D eigenvalue weighted by Gasteiger charge is 2.32. The molecule has 3 N–H and O–H groups in total. The Hall–Kier alpha value is -4.69. The SMILES string of the molecule is C=CC(=O)N1CCn2nc(-c3nc(-c4cc5c(cc4OC)C(O)NC5)c4ccsc4c3-c3c(F)cc(F)cc3OCCO)cc2[C@H]1C. The maximum absolute atomic E-state index is 16.0. The van der Waals surface area contributed by atoms with Crippen LogP contribution in [-0.4, -0.2) is 62.7 Å². The van der Waals surface area contributed by atoms with E-state index >= 15 is 4.39 Å². The lowest BCUT2D eigenvalue weighted by atomic mass is 9.95. The van der Waals surface area contributed by atoms with Crippen LogP contribution in [0, 0.1) is 11.6 Å². The number of thiophene rings is 1. The molecule has 0 spiro atoms. The Kier molecular flexibility index (Phi) is 8.00. The van der Waals surface area contributed by atoms with Gasteiger partial charge in [-0.1, -0.05) is 6.58 Å². The number of amides is 1. The number of pyridine rings is 1. The van der Waals surface area contributed by atoms with E-state index in [2.05, 4.69) is 11.9 Å². The number of hydrogen-bond donors (Lipinski definition) is 3. The van der Waals surface area contributed by atoms with Gasteiger partial charge < -0.3 is 24.6 Å². The summed E-state index contributed by atoms with van der Waals surface area (Å²) in [6.45, 7) is 6.29. The minimum atomic E-state index is -0.862. The topological polar surface area (TPSA) is 122 Å². The van der Waals surface area contributed by atoms with Crippen molar-refractivity contribution < 1.29 is 33.3 Å². The molecule has 5 heterocycles. The molecule has 1 amide bonds. The molecule has 2 aromatic carbocycles. The molecule has 2 atom stereocenters. The Morgan fingerprint density at radius 2 is 2.00 bits per heavy atom. The van der Waals surface area contributed by atoms with Crippen LogP contribution in [0.3, 0.4) is 0 Å². The fourth-order valence-electron chi connectivity index (χ4n) is 6.46. The molecule has 1 unspecified atom stereocenters. The number of fused-ring (bicyclic) bond motifs is 3. The van der Waals surface area contributed by atoms with Crippen molar-refractivity contribution in [3.05, 3.63) is 82.9 Å².